The van der Waals surface area contributed by atoms with Crippen molar-refractivity contribution in [2.24, 2.45) is 0 Å². The van der Waals surface area contributed by atoms with Crippen molar-refractivity contribution in [1.82, 2.24) is 14.9 Å². The molecule has 0 aliphatic carbocycles. The Bertz CT molecular complexity index is 1000. The van der Waals surface area contributed by atoms with Gasteiger partial charge in [0.2, 0.25) is 21.8 Å². The van der Waals surface area contributed by atoms with E-state index in [-0.39, 0.29) is 30.0 Å². The highest BCUT2D eigenvalue weighted by molar-refractivity contribution is 7.89. The molecule has 1 atom stereocenters. The van der Waals surface area contributed by atoms with E-state index in [9.17, 15) is 18.0 Å². The Morgan fingerprint density at radius 2 is 1.81 bits per heavy atom. The van der Waals surface area contributed by atoms with Crippen molar-refractivity contribution >= 4 is 21.8 Å². The first-order chi connectivity index (χ1) is 15.3. The molecule has 2 amide bonds. The lowest BCUT2D eigenvalue weighted by Crippen LogP contribution is -2.47. The monoisotopic (exact) mass is 459 g/mol. The van der Waals surface area contributed by atoms with Crippen LogP contribution >= 0.6 is 0 Å². The lowest BCUT2D eigenvalue weighted by molar-refractivity contribution is -0.136. The van der Waals surface area contributed by atoms with Gasteiger partial charge in [0.15, 0.2) is 0 Å². The van der Waals surface area contributed by atoms with E-state index in [1.807, 2.05) is 37.3 Å². The molecule has 9 heteroatoms. The maximum atomic E-state index is 12.8. The summed E-state index contributed by atoms with van der Waals surface area (Å²) in [5.74, 6) is -0.798. The summed E-state index contributed by atoms with van der Waals surface area (Å²) in [6.07, 6.45) is 1.53. The van der Waals surface area contributed by atoms with Crippen LogP contribution in [0.1, 0.15) is 24.0 Å². The molecule has 0 spiro atoms. The first-order valence-electron chi connectivity index (χ1n) is 10.6. The van der Waals surface area contributed by atoms with E-state index in [1.54, 1.807) is 12.1 Å². The Hall–Kier alpha value is -2.75. The van der Waals surface area contributed by atoms with Crippen molar-refractivity contribution in [2.45, 2.75) is 37.3 Å². The molecule has 0 saturated carbocycles. The Kier molecular flexibility index (Phi) is 8.38. The topological polar surface area (TPSA) is 105 Å². The lowest BCUT2D eigenvalue weighted by Gasteiger charge is -2.25. The van der Waals surface area contributed by atoms with Crippen LogP contribution in [0.5, 0.6) is 0 Å². The third-order valence-corrected chi connectivity index (χ3v) is 6.63. The molecule has 0 unspecified atom stereocenters. The minimum Gasteiger partial charge on any atom is -0.376 e. The fourth-order valence-electron chi connectivity index (χ4n) is 3.38. The van der Waals surface area contributed by atoms with E-state index >= 15 is 0 Å². The molecule has 172 valence electrons. The molecule has 2 N–H and O–H groups in total. The molecule has 0 aromatic heterocycles. The lowest BCUT2D eigenvalue weighted by atomic mass is 10.2. The molecule has 1 saturated heterocycles. The second-order valence-electron chi connectivity index (χ2n) is 7.81. The second-order valence-corrected chi connectivity index (χ2v) is 9.58. The van der Waals surface area contributed by atoms with Crippen LogP contribution in [0.3, 0.4) is 0 Å². The molecule has 1 aliphatic heterocycles. The molecule has 32 heavy (non-hydrogen) atoms. The number of benzene rings is 2. The summed E-state index contributed by atoms with van der Waals surface area (Å²) >= 11 is 0. The molecule has 1 aliphatic rings. The van der Waals surface area contributed by atoms with Crippen LogP contribution in [-0.2, 0) is 30.9 Å². The summed E-state index contributed by atoms with van der Waals surface area (Å²) in [4.78, 5) is 26.8. The number of sulfonamides is 1. The first kappa shape index (κ1) is 23.9. The summed E-state index contributed by atoms with van der Waals surface area (Å²) in [5.41, 5.74) is 1.88. The second kappa shape index (κ2) is 11.2. The summed E-state index contributed by atoms with van der Waals surface area (Å²) in [6, 6.07) is 15.8. The van der Waals surface area contributed by atoms with E-state index in [1.165, 1.54) is 17.0 Å². The van der Waals surface area contributed by atoms with E-state index in [2.05, 4.69) is 10.0 Å². The normalized spacial score (nSPS) is 16.0. The Balaban J connectivity index is 1.59. The van der Waals surface area contributed by atoms with Crippen LogP contribution < -0.4 is 10.0 Å². The molecule has 0 bridgehead atoms. The molecule has 2 aromatic rings. The highest BCUT2D eigenvalue weighted by atomic mass is 32.2. The van der Waals surface area contributed by atoms with Crippen LogP contribution in [0.25, 0.3) is 0 Å². The van der Waals surface area contributed by atoms with Gasteiger partial charge in [0.25, 0.3) is 0 Å². The zero-order chi connectivity index (χ0) is 23.0. The van der Waals surface area contributed by atoms with Gasteiger partial charge < -0.3 is 15.0 Å². The zero-order valence-corrected chi connectivity index (χ0v) is 18.9. The molecule has 1 heterocycles. The minimum absolute atomic E-state index is 0.0854. The van der Waals surface area contributed by atoms with Crippen molar-refractivity contribution in [3.63, 3.8) is 0 Å². The van der Waals surface area contributed by atoms with Crippen LogP contribution in [0.15, 0.2) is 59.5 Å². The average Bonchev–Trinajstić information content (AvgIpc) is 3.30. The van der Waals surface area contributed by atoms with Gasteiger partial charge >= 0.3 is 0 Å². The average molecular weight is 460 g/mol. The number of carbonyl (C=O) groups is 2. The first-order valence-corrected chi connectivity index (χ1v) is 12.1. The SMILES string of the molecule is Cc1ccc(S(=O)(=O)NCC(=O)N(CC(=O)NCc2ccccc2)C[C@@H]2CCCO2)cc1. The third-order valence-electron chi connectivity index (χ3n) is 5.21. The van der Waals surface area contributed by atoms with E-state index in [0.29, 0.717) is 13.2 Å². The number of ether oxygens (including phenoxy) is 1. The highest BCUT2D eigenvalue weighted by Gasteiger charge is 2.25. The summed E-state index contributed by atoms with van der Waals surface area (Å²) in [6.45, 7) is 2.46. The van der Waals surface area contributed by atoms with Crippen molar-refractivity contribution in [3.05, 3.63) is 65.7 Å². The van der Waals surface area contributed by atoms with E-state index in [0.717, 1.165) is 24.0 Å². The number of aryl methyl sites for hydroxylation is 1. The highest BCUT2D eigenvalue weighted by Crippen LogP contribution is 2.14. The van der Waals surface area contributed by atoms with Gasteiger partial charge in [0, 0.05) is 19.7 Å². The minimum atomic E-state index is -3.84. The van der Waals surface area contributed by atoms with E-state index < -0.39 is 22.5 Å². The Labute approximate surface area is 189 Å². The van der Waals surface area contributed by atoms with Crippen LogP contribution in [-0.4, -0.2) is 57.5 Å². The number of amides is 2. The van der Waals surface area contributed by atoms with Crippen LogP contribution in [0.2, 0.25) is 0 Å². The number of rotatable bonds is 10. The van der Waals surface area contributed by atoms with Gasteiger partial charge in [0.05, 0.1) is 24.1 Å². The van der Waals surface area contributed by atoms with Crippen LogP contribution in [0, 0.1) is 6.92 Å². The molecule has 1 fully saturated rings. The number of nitrogens with zero attached hydrogens (tertiary/aromatic N) is 1. The van der Waals surface area contributed by atoms with Gasteiger partial charge in [-0.05, 0) is 37.5 Å². The molecule has 8 nitrogen and oxygen atoms in total. The summed E-state index contributed by atoms with van der Waals surface area (Å²) in [5, 5.41) is 2.80. The fraction of sp³-hybridized carbons (Fsp3) is 0.391. The molecule has 0 radical (unpaired) electrons. The Morgan fingerprint density at radius 3 is 2.47 bits per heavy atom. The number of hydrogen-bond acceptors (Lipinski definition) is 5. The standard InChI is InChI=1S/C23H29N3O5S/c1-18-9-11-21(12-10-18)32(29,30)25-15-23(28)26(16-20-8-5-13-31-20)17-22(27)24-14-19-6-3-2-4-7-19/h2-4,6-7,9-12,20,25H,5,8,13-17H2,1H3,(H,24,27)/t20-/m0/s1. The van der Waals surface area contributed by atoms with Gasteiger partial charge in [-0.2, -0.15) is 0 Å². The smallest absolute Gasteiger partial charge is 0.241 e. The molecular weight excluding hydrogens is 430 g/mol. The predicted molar refractivity (Wildman–Crippen MR) is 120 cm³/mol. The molecular formula is C23H29N3O5S. The third kappa shape index (κ3) is 7.15. The van der Waals surface area contributed by atoms with Gasteiger partial charge in [-0.25, -0.2) is 13.1 Å². The summed E-state index contributed by atoms with van der Waals surface area (Å²) in [7, 11) is -3.84. The Morgan fingerprint density at radius 1 is 1.09 bits per heavy atom. The van der Waals surface area contributed by atoms with Gasteiger partial charge in [0.1, 0.15) is 0 Å². The molecule has 3 rings (SSSR count). The van der Waals surface area contributed by atoms with Crippen molar-refractivity contribution in [3.8, 4) is 0 Å². The van der Waals surface area contributed by atoms with Gasteiger partial charge in [-0.3, -0.25) is 9.59 Å². The molecule has 2 aromatic carbocycles. The number of hydrogen-bond donors (Lipinski definition) is 2. The van der Waals surface area contributed by atoms with Crippen molar-refractivity contribution in [1.29, 1.82) is 0 Å². The van der Waals surface area contributed by atoms with Crippen LogP contribution in [0.4, 0.5) is 0 Å². The largest absolute Gasteiger partial charge is 0.376 e. The van der Waals surface area contributed by atoms with Crippen molar-refractivity contribution < 1.29 is 22.7 Å². The number of carbonyl (C=O) groups excluding carboxylic acids is 2. The predicted octanol–water partition coefficient (Wildman–Crippen LogP) is 1.60. The van der Waals surface area contributed by atoms with E-state index in [4.69, 9.17) is 4.74 Å². The maximum Gasteiger partial charge on any atom is 0.241 e. The van der Waals surface area contributed by atoms with Gasteiger partial charge in [-0.15, -0.1) is 0 Å². The van der Waals surface area contributed by atoms with Crippen molar-refractivity contribution in [2.75, 3.05) is 26.2 Å². The number of nitrogens with one attached hydrogen (secondary N) is 2. The summed E-state index contributed by atoms with van der Waals surface area (Å²) < 4.78 is 33.0. The van der Waals surface area contributed by atoms with Gasteiger partial charge in [-0.1, -0.05) is 48.0 Å². The fourth-order valence-corrected chi connectivity index (χ4v) is 4.36. The quantitative estimate of drug-likeness (QED) is 0.562. The zero-order valence-electron chi connectivity index (χ0n) is 18.1. The maximum absolute atomic E-state index is 12.8.